The smallest absolute Gasteiger partial charge is 0.423 e. The molecule has 4 aromatic rings. The number of esters is 1. The largest absolute Gasteiger partial charge is 0.457 e. The van der Waals surface area contributed by atoms with E-state index in [2.05, 4.69) is 10.2 Å². The lowest BCUT2D eigenvalue weighted by Crippen LogP contribution is -2.34. The molecule has 156 valence electrons. The van der Waals surface area contributed by atoms with Crippen LogP contribution in [0.3, 0.4) is 0 Å². The molecule has 4 rings (SSSR count). The standard InChI is InChI=1S/C24H22N3O4/c1-27(2,3)18-15-13-17(14-16-18)23(28)31-24-26-25-22(30-24)20-11-7-8-12-21(20)29-19-9-5-4-6-10-19/h4-16H,1-3H3/q+1. The summed E-state index contributed by atoms with van der Waals surface area (Å²) in [6.07, 6.45) is -0.231. The third-order valence-corrected chi connectivity index (χ3v) is 4.55. The first kappa shape index (κ1) is 20.3. The van der Waals surface area contributed by atoms with E-state index in [1.807, 2.05) is 75.7 Å². The molecule has 0 saturated heterocycles. The van der Waals surface area contributed by atoms with Crippen molar-refractivity contribution >= 4 is 11.7 Å². The molecule has 7 nitrogen and oxygen atoms in total. The monoisotopic (exact) mass is 416 g/mol. The fourth-order valence-corrected chi connectivity index (χ4v) is 2.89. The first-order valence-corrected chi connectivity index (χ1v) is 9.70. The number of nitrogens with zero attached hydrogens (tertiary/aromatic N) is 3. The molecule has 0 spiro atoms. The highest BCUT2D eigenvalue weighted by atomic mass is 16.6. The molecule has 3 aromatic carbocycles. The van der Waals surface area contributed by atoms with E-state index < -0.39 is 5.97 Å². The number of carbonyl (C=O) groups excluding carboxylic acids is 1. The molecular weight excluding hydrogens is 394 g/mol. The number of benzene rings is 3. The minimum atomic E-state index is -0.572. The van der Waals surface area contributed by atoms with Gasteiger partial charge in [-0.1, -0.05) is 35.4 Å². The quantitative estimate of drug-likeness (QED) is 0.327. The zero-order chi connectivity index (χ0) is 21.8. The van der Waals surface area contributed by atoms with Gasteiger partial charge in [0, 0.05) is 0 Å². The van der Waals surface area contributed by atoms with Gasteiger partial charge >= 0.3 is 12.0 Å². The number of hydrogen-bond donors (Lipinski definition) is 0. The highest BCUT2D eigenvalue weighted by molar-refractivity contribution is 5.91. The Morgan fingerprint density at radius 1 is 0.839 bits per heavy atom. The molecule has 0 bridgehead atoms. The second-order valence-corrected chi connectivity index (χ2v) is 7.73. The summed E-state index contributed by atoms with van der Waals surface area (Å²) in [5.74, 6) is 0.844. The van der Waals surface area contributed by atoms with Crippen molar-refractivity contribution in [3.05, 3.63) is 84.4 Å². The van der Waals surface area contributed by atoms with E-state index in [1.54, 1.807) is 24.3 Å². The van der Waals surface area contributed by atoms with Crippen LogP contribution >= 0.6 is 0 Å². The molecule has 0 radical (unpaired) electrons. The Balaban J connectivity index is 1.51. The second-order valence-electron chi connectivity index (χ2n) is 7.73. The summed E-state index contributed by atoms with van der Waals surface area (Å²) in [6.45, 7) is 0. The Bertz CT molecular complexity index is 1180. The molecule has 1 aromatic heterocycles. The lowest BCUT2D eigenvalue weighted by molar-refractivity contribution is 0.0684. The van der Waals surface area contributed by atoms with Gasteiger partial charge in [-0.25, -0.2) is 4.79 Å². The van der Waals surface area contributed by atoms with Crippen molar-refractivity contribution in [2.45, 2.75) is 0 Å². The Morgan fingerprint density at radius 2 is 1.52 bits per heavy atom. The topological polar surface area (TPSA) is 74.5 Å². The van der Waals surface area contributed by atoms with Gasteiger partial charge in [-0.3, -0.25) is 4.48 Å². The number of hydrogen-bond acceptors (Lipinski definition) is 6. The minimum Gasteiger partial charge on any atom is -0.457 e. The Kier molecular flexibility index (Phi) is 5.51. The fourth-order valence-electron chi connectivity index (χ4n) is 2.89. The van der Waals surface area contributed by atoms with E-state index >= 15 is 0 Å². The third kappa shape index (κ3) is 4.79. The van der Waals surface area contributed by atoms with Crippen LogP contribution in [-0.4, -0.2) is 37.3 Å². The molecule has 0 aliphatic heterocycles. The summed E-state index contributed by atoms with van der Waals surface area (Å²) in [7, 11) is 6.14. The van der Waals surface area contributed by atoms with Gasteiger partial charge < -0.3 is 13.9 Å². The van der Waals surface area contributed by atoms with Gasteiger partial charge in [-0.2, -0.15) is 0 Å². The van der Waals surface area contributed by atoms with Crippen LogP contribution in [0.1, 0.15) is 10.4 Å². The highest BCUT2D eigenvalue weighted by Crippen LogP contribution is 2.33. The zero-order valence-electron chi connectivity index (χ0n) is 17.5. The first-order chi connectivity index (χ1) is 14.9. The first-order valence-electron chi connectivity index (χ1n) is 9.70. The van der Waals surface area contributed by atoms with E-state index in [0.717, 1.165) is 5.69 Å². The van der Waals surface area contributed by atoms with Gasteiger partial charge in [0.05, 0.1) is 32.3 Å². The number of aromatic nitrogens is 2. The molecule has 31 heavy (non-hydrogen) atoms. The summed E-state index contributed by atoms with van der Waals surface area (Å²) in [6, 6.07) is 23.8. The number of carbonyl (C=O) groups is 1. The summed E-state index contributed by atoms with van der Waals surface area (Å²) < 4.78 is 17.4. The van der Waals surface area contributed by atoms with E-state index in [4.69, 9.17) is 13.9 Å². The van der Waals surface area contributed by atoms with Crippen molar-refractivity contribution < 1.29 is 18.7 Å². The summed E-state index contributed by atoms with van der Waals surface area (Å²) in [5, 5.41) is 7.85. The lowest BCUT2D eigenvalue weighted by atomic mass is 10.2. The molecule has 0 aliphatic rings. The molecule has 1 heterocycles. The van der Waals surface area contributed by atoms with Crippen LogP contribution in [0.15, 0.2) is 83.3 Å². The molecule has 0 unspecified atom stereocenters. The van der Waals surface area contributed by atoms with Gasteiger partial charge in [0.2, 0.25) is 0 Å². The predicted molar refractivity (Wildman–Crippen MR) is 117 cm³/mol. The van der Waals surface area contributed by atoms with Gasteiger partial charge in [0.15, 0.2) is 0 Å². The maximum atomic E-state index is 12.4. The number of ether oxygens (including phenoxy) is 2. The van der Waals surface area contributed by atoms with Gasteiger partial charge in [-0.15, -0.1) is 5.10 Å². The van der Waals surface area contributed by atoms with Crippen LogP contribution in [-0.2, 0) is 0 Å². The Hall–Kier alpha value is -3.97. The lowest BCUT2D eigenvalue weighted by Gasteiger charge is -2.23. The SMILES string of the molecule is C[N+](C)(C)c1ccc(C(=O)Oc2nnc(-c3ccccc3Oc3ccccc3)o2)cc1. The molecule has 0 atom stereocenters. The van der Waals surface area contributed by atoms with Crippen molar-refractivity contribution in [3.63, 3.8) is 0 Å². The van der Waals surface area contributed by atoms with Gasteiger partial charge in [0.1, 0.15) is 17.2 Å². The van der Waals surface area contributed by atoms with Crippen LogP contribution in [0.25, 0.3) is 11.5 Å². The summed E-state index contributed by atoms with van der Waals surface area (Å²) in [5.41, 5.74) is 2.05. The zero-order valence-corrected chi connectivity index (χ0v) is 17.5. The average Bonchev–Trinajstić information content (AvgIpc) is 3.22. The number of quaternary nitrogens is 1. The molecular formula is C24H22N3O4+. The molecule has 7 heteroatoms. The van der Waals surface area contributed by atoms with Gasteiger partial charge in [-0.05, 0) is 48.5 Å². The van der Waals surface area contributed by atoms with Crippen LogP contribution in [0.5, 0.6) is 17.6 Å². The molecule has 0 saturated carbocycles. The van der Waals surface area contributed by atoms with Crippen molar-refractivity contribution in [2.75, 3.05) is 21.1 Å². The van der Waals surface area contributed by atoms with Crippen LogP contribution in [0, 0.1) is 0 Å². The summed E-state index contributed by atoms with van der Waals surface area (Å²) >= 11 is 0. The highest BCUT2D eigenvalue weighted by Gasteiger charge is 2.19. The van der Waals surface area contributed by atoms with Crippen molar-refractivity contribution in [3.8, 4) is 29.0 Å². The van der Waals surface area contributed by atoms with Crippen LogP contribution in [0.4, 0.5) is 5.69 Å². The van der Waals surface area contributed by atoms with E-state index in [9.17, 15) is 4.79 Å². The fraction of sp³-hybridized carbons (Fsp3) is 0.125. The predicted octanol–water partition coefficient (Wildman–Crippen LogP) is 4.94. The van der Waals surface area contributed by atoms with Crippen molar-refractivity contribution in [1.29, 1.82) is 0 Å². The normalized spacial score (nSPS) is 11.2. The van der Waals surface area contributed by atoms with E-state index in [0.29, 0.717) is 27.1 Å². The van der Waals surface area contributed by atoms with Crippen LogP contribution in [0.2, 0.25) is 0 Å². The maximum Gasteiger partial charge on any atom is 0.423 e. The number of para-hydroxylation sites is 2. The molecule has 0 fully saturated rings. The second kappa shape index (κ2) is 8.41. The third-order valence-electron chi connectivity index (χ3n) is 4.55. The maximum absolute atomic E-state index is 12.4. The van der Waals surface area contributed by atoms with Gasteiger partial charge in [0.25, 0.3) is 5.89 Å². The average molecular weight is 416 g/mol. The van der Waals surface area contributed by atoms with Crippen molar-refractivity contribution in [2.24, 2.45) is 0 Å². The Morgan fingerprint density at radius 3 is 2.23 bits per heavy atom. The minimum absolute atomic E-state index is 0.190. The Labute approximate surface area is 180 Å². The molecule has 0 aliphatic carbocycles. The summed E-state index contributed by atoms with van der Waals surface area (Å²) in [4.78, 5) is 12.4. The van der Waals surface area contributed by atoms with E-state index in [-0.39, 0.29) is 12.0 Å². The molecule has 0 amide bonds. The molecule has 0 N–H and O–H groups in total. The van der Waals surface area contributed by atoms with Crippen molar-refractivity contribution in [1.82, 2.24) is 14.7 Å². The van der Waals surface area contributed by atoms with E-state index in [1.165, 1.54) is 0 Å². The number of rotatable bonds is 6. The van der Waals surface area contributed by atoms with Crippen LogP contribution < -0.4 is 14.0 Å².